The average Bonchev–Trinajstić information content (AvgIpc) is 2.90. The van der Waals surface area contributed by atoms with Gasteiger partial charge >= 0.3 is 0 Å². The number of nitrogens with zero attached hydrogens (tertiary/aromatic N) is 2. The Balaban J connectivity index is 2.06. The molecular formula is C16H26ClN3. The van der Waals surface area contributed by atoms with Crippen LogP contribution >= 0.6 is 11.6 Å². The van der Waals surface area contributed by atoms with Crippen molar-refractivity contribution >= 4 is 17.3 Å². The summed E-state index contributed by atoms with van der Waals surface area (Å²) in [5, 5.41) is 4.03. The van der Waals surface area contributed by atoms with E-state index in [1.54, 1.807) is 0 Å². The Morgan fingerprint density at radius 1 is 1.35 bits per heavy atom. The summed E-state index contributed by atoms with van der Waals surface area (Å²) in [5.41, 5.74) is 2.42. The molecule has 1 saturated heterocycles. The van der Waals surface area contributed by atoms with Crippen LogP contribution in [0.15, 0.2) is 18.2 Å². The second-order valence-corrected chi connectivity index (χ2v) is 5.83. The van der Waals surface area contributed by atoms with Gasteiger partial charge in [-0.3, -0.25) is 4.90 Å². The molecule has 0 saturated carbocycles. The third-order valence-corrected chi connectivity index (χ3v) is 4.53. The minimum Gasteiger partial charge on any atom is -0.369 e. The molecule has 20 heavy (non-hydrogen) atoms. The van der Waals surface area contributed by atoms with Crippen LogP contribution in [0.4, 0.5) is 5.69 Å². The Morgan fingerprint density at radius 2 is 2.10 bits per heavy atom. The highest BCUT2D eigenvalue weighted by atomic mass is 35.5. The fraction of sp³-hybridized carbons (Fsp3) is 0.625. The number of hydrogen-bond acceptors (Lipinski definition) is 3. The van der Waals surface area contributed by atoms with E-state index in [-0.39, 0.29) is 0 Å². The van der Waals surface area contributed by atoms with Crippen molar-refractivity contribution in [2.24, 2.45) is 0 Å². The Labute approximate surface area is 127 Å². The first-order chi connectivity index (χ1) is 9.69. The zero-order chi connectivity index (χ0) is 14.5. The Bertz CT molecular complexity index is 432. The molecule has 0 aliphatic carbocycles. The van der Waals surface area contributed by atoms with Gasteiger partial charge in [0.15, 0.2) is 0 Å². The molecule has 4 heteroatoms. The summed E-state index contributed by atoms with van der Waals surface area (Å²) in [7, 11) is 1.96. The summed E-state index contributed by atoms with van der Waals surface area (Å²) in [6.45, 7) is 9.80. The fourth-order valence-corrected chi connectivity index (χ4v) is 3.44. The summed E-state index contributed by atoms with van der Waals surface area (Å²) in [6.07, 6.45) is 1.23. The number of halogens is 1. The maximum atomic E-state index is 6.46. The first kappa shape index (κ1) is 15.6. The minimum absolute atomic E-state index is 0.665. The van der Waals surface area contributed by atoms with Gasteiger partial charge in [-0.1, -0.05) is 31.5 Å². The van der Waals surface area contributed by atoms with Gasteiger partial charge in [0.25, 0.3) is 0 Å². The standard InChI is InChI=1S/C16H26ClN3/c1-4-19(5-2)14-8-9-20(12-14)16-7-6-13(11-18-3)10-15(16)17/h6-7,10,14,18H,4-5,8-9,11-12H2,1-3H3. The molecule has 0 radical (unpaired) electrons. The van der Waals surface area contributed by atoms with Crippen molar-refractivity contribution in [2.45, 2.75) is 32.9 Å². The SMILES string of the molecule is CCN(CC)C1CCN(c2ccc(CNC)cc2Cl)C1. The van der Waals surface area contributed by atoms with Gasteiger partial charge in [-0.25, -0.2) is 0 Å². The number of likely N-dealkylation sites (N-methyl/N-ethyl adjacent to an activating group) is 1. The number of anilines is 1. The van der Waals surface area contributed by atoms with Crippen molar-refractivity contribution in [2.75, 3.05) is 38.1 Å². The molecule has 1 unspecified atom stereocenters. The molecule has 1 fully saturated rings. The highest BCUT2D eigenvalue weighted by molar-refractivity contribution is 6.33. The second kappa shape index (κ2) is 7.30. The van der Waals surface area contributed by atoms with Crippen LogP contribution in [-0.2, 0) is 6.54 Å². The molecule has 1 N–H and O–H groups in total. The van der Waals surface area contributed by atoms with E-state index in [0.717, 1.165) is 37.7 Å². The lowest BCUT2D eigenvalue weighted by Gasteiger charge is -2.27. The summed E-state index contributed by atoms with van der Waals surface area (Å²) in [5.74, 6) is 0. The van der Waals surface area contributed by atoms with Crippen molar-refractivity contribution in [1.82, 2.24) is 10.2 Å². The summed E-state index contributed by atoms with van der Waals surface area (Å²) >= 11 is 6.46. The van der Waals surface area contributed by atoms with Gasteiger partial charge in [-0.15, -0.1) is 0 Å². The highest BCUT2D eigenvalue weighted by Gasteiger charge is 2.27. The molecule has 1 aliphatic heterocycles. The molecule has 0 aromatic heterocycles. The topological polar surface area (TPSA) is 18.5 Å². The molecule has 1 atom stereocenters. The van der Waals surface area contributed by atoms with E-state index < -0.39 is 0 Å². The normalized spacial score (nSPS) is 19.1. The van der Waals surface area contributed by atoms with E-state index in [9.17, 15) is 0 Å². The van der Waals surface area contributed by atoms with Crippen molar-refractivity contribution in [3.05, 3.63) is 28.8 Å². The summed E-state index contributed by atoms with van der Waals surface area (Å²) in [4.78, 5) is 4.97. The van der Waals surface area contributed by atoms with Crippen LogP contribution in [0, 0.1) is 0 Å². The van der Waals surface area contributed by atoms with Crippen molar-refractivity contribution in [3.63, 3.8) is 0 Å². The molecule has 0 amide bonds. The van der Waals surface area contributed by atoms with Gasteiger partial charge in [0.1, 0.15) is 0 Å². The van der Waals surface area contributed by atoms with Gasteiger partial charge in [0.05, 0.1) is 10.7 Å². The molecule has 2 rings (SSSR count). The maximum absolute atomic E-state index is 6.46. The Morgan fingerprint density at radius 3 is 2.70 bits per heavy atom. The van der Waals surface area contributed by atoms with E-state index in [1.807, 2.05) is 7.05 Å². The molecule has 112 valence electrons. The predicted octanol–water partition coefficient (Wildman–Crippen LogP) is 2.98. The third-order valence-electron chi connectivity index (χ3n) is 4.23. The van der Waals surface area contributed by atoms with Crippen LogP contribution < -0.4 is 10.2 Å². The van der Waals surface area contributed by atoms with Gasteiger partial charge in [-0.2, -0.15) is 0 Å². The van der Waals surface area contributed by atoms with Crippen LogP contribution in [-0.4, -0.2) is 44.2 Å². The molecule has 3 nitrogen and oxygen atoms in total. The number of rotatable bonds is 6. The maximum Gasteiger partial charge on any atom is 0.0642 e. The number of benzene rings is 1. The summed E-state index contributed by atoms with van der Waals surface area (Å²) < 4.78 is 0. The highest BCUT2D eigenvalue weighted by Crippen LogP contribution is 2.30. The lowest BCUT2D eigenvalue weighted by Crippen LogP contribution is -2.37. The smallest absolute Gasteiger partial charge is 0.0642 e. The van der Waals surface area contributed by atoms with E-state index in [1.165, 1.54) is 17.7 Å². The second-order valence-electron chi connectivity index (χ2n) is 5.43. The van der Waals surface area contributed by atoms with Gasteiger partial charge in [0, 0.05) is 25.7 Å². The average molecular weight is 296 g/mol. The largest absolute Gasteiger partial charge is 0.369 e. The minimum atomic E-state index is 0.665. The molecule has 0 bridgehead atoms. The van der Waals surface area contributed by atoms with Crippen molar-refractivity contribution in [1.29, 1.82) is 0 Å². The van der Waals surface area contributed by atoms with Gasteiger partial charge in [-0.05, 0) is 44.3 Å². The van der Waals surface area contributed by atoms with Gasteiger partial charge in [0.2, 0.25) is 0 Å². The molecular weight excluding hydrogens is 270 g/mol. The lowest BCUT2D eigenvalue weighted by molar-refractivity contribution is 0.232. The van der Waals surface area contributed by atoms with Crippen LogP contribution in [0.2, 0.25) is 5.02 Å². The Kier molecular flexibility index (Phi) is 5.70. The van der Waals surface area contributed by atoms with Crippen LogP contribution in [0.1, 0.15) is 25.8 Å². The number of nitrogens with one attached hydrogen (secondary N) is 1. The third kappa shape index (κ3) is 3.46. The fourth-order valence-electron chi connectivity index (χ4n) is 3.12. The first-order valence-electron chi connectivity index (χ1n) is 7.61. The zero-order valence-electron chi connectivity index (χ0n) is 12.8. The molecule has 1 aromatic carbocycles. The van der Waals surface area contributed by atoms with Crippen LogP contribution in [0.5, 0.6) is 0 Å². The first-order valence-corrected chi connectivity index (χ1v) is 7.99. The van der Waals surface area contributed by atoms with Crippen LogP contribution in [0.3, 0.4) is 0 Å². The molecule has 1 heterocycles. The molecule has 1 aliphatic rings. The van der Waals surface area contributed by atoms with E-state index in [4.69, 9.17) is 11.6 Å². The predicted molar refractivity (Wildman–Crippen MR) is 87.8 cm³/mol. The monoisotopic (exact) mass is 295 g/mol. The van der Waals surface area contributed by atoms with E-state index in [0.29, 0.717) is 6.04 Å². The van der Waals surface area contributed by atoms with E-state index >= 15 is 0 Å². The van der Waals surface area contributed by atoms with Crippen LogP contribution in [0.25, 0.3) is 0 Å². The zero-order valence-corrected chi connectivity index (χ0v) is 13.6. The van der Waals surface area contributed by atoms with Crippen molar-refractivity contribution in [3.8, 4) is 0 Å². The summed E-state index contributed by atoms with van der Waals surface area (Å²) in [6, 6.07) is 7.08. The van der Waals surface area contributed by atoms with Gasteiger partial charge < -0.3 is 10.2 Å². The number of hydrogen-bond donors (Lipinski definition) is 1. The van der Waals surface area contributed by atoms with Crippen molar-refractivity contribution < 1.29 is 0 Å². The Hall–Kier alpha value is -0.770. The quantitative estimate of drug-likeness (QED) is 0.870. The van der Waals surface area contributed by atoms with E-state index in [2.05, 4.69) is 47.2 Å². The lowest BCUT2D eigenvalue weighted by atomic mass is 10.2. The molecule has 0 spiro atoms. The molecule has 1 aromatic rings.